The van der Waals surface area contributed by atoms with Crippen molar-refractivity contribution in [2.45, 2.75) is 19.9 Å². The summed E-state index contributed by atoms with van der Waals surface area (Å²) in [5.74, 6) is 0.698. The highest BCUT2D eigenvalue weighted by molar-refractivity contribution is 6.01. The van der Waals surface area contributed by atoms with Gasteiger partial charge in [0.05, 0.1) is 31.0 Å². The number of nitrogens with zero attached hydrogens (tertiary/aromatic N) is 3. The van der Waals surface area contributed by atoms with Crippen molar-refractivity contribution in [1.82, 2.24) is 20.0 Å². The molecule has 1 unspecified atom stereocenters. The lowest BCUT2D eigenvalue weighted by Gasteiger charge is -2.31. The number of carbonyl (C=O) groups is 2. The van der Waals surface area contributed by atoms with Gasteiger partial charge in [-0.05, 0) is 30.8 Å². The van der Waals surface area contributed by atoms with Crippen molar-refractivity contribution in [3.8, 4) is 5.75 Å². The molecule has 0 radical (unpaired) electrons. The van der Waals surface area contributed by atoms with E-state index in [2.05, 4.69) is 24.1 Å². The summed E-state index contributed by atoms with van der Waals surface area (Å²) in [5, 5.41) is 2.96. The maximum Gasteiger partial charge on any atom is 0.322 e. The fraction of sp³-hybridized carbons (Fsp3) is 0.500. The number of rotatable bonds is 7. The first-order chi connectivity index (χ1) is 13.0. The third kappa shape index (κ3) is 3.64. The summed E-state index contributed by atoms with van der Waals surface area (Å²) >= 11 is 0. The summed E-state index contributed by atoms with van der Waals surface area (Å²) in [7, 11) is 3.32. The number of urea groups is 1. The minimum atomic E-state index is -0.454. The van der Waals surface area contributed by atoms with Crippen molar-refractivity contribution >= 4 is 11.9 Å². The van der Waals surface area contributed by atoms with Crippen LogP contribution >= 0.6 is 0 Å². The summed E-state index contributed by atoms with van der Waals surface area (Å²) < 4.78 is 5.30. The van der Waals surface area contributed by atoms with Crippen LogP contribution in [0.3, 0.4) is 0 Å². The van der Waals surface area contributed by atoms with Crippen molar-refractivity contribution in [3.63, 3.8) is 0 Å². The van der Waals surface area contributed by atoms with Gasteiger partial charge in [0.2, 0.25) is 0 Å². The van der Waals surface area contributed by atoms with Gasteiger partial charge in [-0.15, -0.1) is 0 Å². The van der Waals surface area contributed by atoms with Gasteiger partial charge in [0, 0.05) is 20.1 Å². The molecule has 2 heterocycles. The summed E-state index contributed by atoms with van der Waals surface area (Å²) in [4.78, 5) is 31.3. The summed E-state index contributed by atoms with van der Waals surface area (Å²) in [6.45, 7) is 8.10. The number of benzene rings is 1. The van der Waals surface area contributed by atoms with E-state index < -0.39 is 6.04 Å². The van der Waals surface area contributed by atoms with Gasteiger partial charge in [0.25, 0.3) is 5.91 Å². The Bertz CT molecular complexity index is 757. The Labute approximate surface area is 160 Å². The predicted molar refractivity (Wildman–Crippen MR) is 103 cm³/mol. The third-order valence-corrected chi connectivity index (χ3v) is 5.44. The summed E-state index contributed by atoms with van der Waals surface area (Å²) in [5.41, 5.74) is 2.29. The van der Waals surface area contributed by atoms with Crippen LogP contribution in [0.1, 0.15) is 25.5 Å². The van der Waals surface area contributed by atoms with E-state index in [9.17, 15) is 9.59 Å². The molecule has 1 aromatic rings. The molecule has 3 amide bonds. The van der Waals surface area contributed by atoms with Crippen LogP contribution in [0.2, 0.25) is 0 Å². The molecule has 7 heteroatoms. The molecular weight excluding hydrogens is 344 g/mol. The van der Waals surface area contributed by atoms with E-state index in [-0.39, 0.29) is 11.9 Å². The molecule has 0 bridgehead atoms. The second-order valence-corrected chi connectivity index (χ2v) is 6.83. The Morgan fingerprint density at radius 1 is 1.26 bits per heavy atom. The molecule has 1 aromatic carbocycles. The minimum absolute atomic E-state index is 0.00294. The summed E-state index contributed by atoms with van der Waals surface area (Å²) in [6.07, 6.45) is 0. The smallest absolute Gasteiger partial charge is 0.322 e. The number of ether oxygens (including phenoxy) is 1. The molecule has 0 spiro atoms. The fourth-order valence-corrected chi connectivity index (χ4v) is 3.68. The van der Waals surface area contributed by atoms with Crippen molar-refractivity contribution in [2.24, 2.45) is 0 Å². The van der Waals surface area contributed by atoms with Gasteiger partial charge in [-0.1, -0.05) is 26.0 Å². The zero-order chi connectivity index (χ0) is 19.6. The number of nitrogens with one attached hydrogen (secondary N) is 1. The largest absolute Gasteiger partial charge is 0.497 e. The Hall–Kier alpha value is -2.54. The molecule has 0 aliphatic carbocycles. The molecule has 2 aliphatic rings. The highest BCUT2D eigenvalue weighted by atomic mass is 16.5. The van der Waals surface area contributed by atoms with Gasteiger partial charge in [-0.2, -0.15) is 0 Å². The zero-order valence-electron chi connectivity index (χ0n) is 16.5. The second kappa shape index (κ2) is 8.00. The number of likely N-dealkylation sites (N-methyl/N-ethyl adjacent to an activating group) is 2. The molecule has 1 atom stereocenters. The molecule has 0 fully saturated rings. The van der Waals surface area contributed by atoms with Gasteiger partial charge in [0.15, 0.2) is 0 Å². The standard InChI is InChI=1S/C20H28N4O3/c1-5-23(6-2)10-11-24-13-16-17(19(24)25)18(21-20(26)22(16)3)14-8-7-9-15(12-14)27-4/h7-9,12,18H,5-6,10-11,13H2,1-4H3,(H,21,26). The highest BCUT2D eigenvalue weighted by Gasteiger charge is 2.42. The first-order valence-electron chi connectivity index (χ1n) is 9.42. The molecule has 0 saturated heterocycles. The average molecular weight is 372 g/mol. The van der Waals surface area contributed by atoms with Gasteiger partial charge in [-0.3, -0.25) is 9.69 Å². The lowest BCUT2D eigenvalue weighted by molar-refractivity contribution is -0.126. The topological polar surface area (TPSA) is 65.1 Å². The molecule has 146 valence electrons. The van der Waals surface area contributed by atoms with E-state index in [0.717, 1.165) is 30.9 Å². The first-order valence-corrected chi connectivity index (χ1v) is 9.42. The second-order valence-electron chi connectivity index (χ2n) is 6.83. The molecule has 0 saturated carbocycles. The summed E-state index contributed by atoms with van der Waals surface area (Å²) in [6, 6.07) is 6.85. The van der Waals surface area contributed by atoms with Gasteiger partial charge in [-0.25, -0.2) is 4.79 Å². The molecule has 1 N–H and O–H groups in total. The molecule has 3 rings (SSSR count). The average Bonchev–Trinajstić information content (AvgIpc) is 3.02. The van der Waals surface area contributed by atoms with Crippen LogP contribution in [0.25, 0.3) is 0 Å². The number of hydrogen-bond donors (Lipinski definition) is 1. The maximum absolute atomic E-state index is 13.2. The number of hydrogen-bond acceptors (Lipinski definition) is 4. The van der Waals surface area contributed by atoms with E-state index >= 15 is 0 Å². The Balaban J connectivity index is 1.87. The number of methoxy groups -OCH3 is 1. The first kappa shape index (κ1) is 19.2. The van der Waals surface area contributed by atoms with Crippen LogP contribution in [0.5, 0.6) is 5.75 Å². The van der Waals surface area contributed by atoms with Crippen LogP contribution < -0.4 is 10.1 Å². The number of amides is 3. The Morgan fingerprint density at radius 2 is 2.00 bits per heavy atom. The van der Waals surface area contributed by atoms with Crippen molar-refractivity contribution in [2.75, 3.05) is 46.9 Å². The van der Waals surface area contributed by atoms with Crippen LogP contribution in [0.15, 0.2) is 35.5 Å². The van der Waals surface area contributed by atoms with E-state index in [4.69, 9.17) is 4.74 Å². The maximum atomic E-state index is 13.2. The monoisotopic (exact) mass is 372 g/mol. The molecule has 7 nitrogen and oxygen atoms in total. The van der Waals surface area contributed by atoms with Crippen LogP contribution in [0.4, 0.5) is 4.79 Å². The SMILES string of the molecule is CCN(CC)CCN1CC2=C(C1=O)C(c1cccc(OC)c1)NC(=O)N2C. The van der Waals surface area contributed by atoms with Crippen molar-refractivity contribution in [3.05, 3.63) is 41.1 Å². The van der Waals surface area contributed by atoms with Crippen LogP contribution in [-0.2, 0) is 4.79 Å². The predicted octanol–water partition coefficient (Wildman–Crippen LogP) is 1.83. The van der Waals surface area contributed by atoms with Crippen LogP contribution in [-0.4, -0.2) is 73.5 Å². The fourth-order valence-electron chi connectivity index (χ4n) is 3.68. The molecule has 27 heavy (non-hydrogen) atoms. The van der Waals surface area contributed by atoms with E-state index in [1.165, 1.54) is 0 Å². The Kier molecular flexibility index (Phi) is 5.70. The molecule has 0 aromatic heterocycles. The minimum Gasteiger partial charge on any atom is -0.497 e. The van der Waals surface area contributed by atoms with Gasteiger partial charge < -0.3 is 19.9 Å². The van der Waals surface area contributed by atoms with E-state index in [1.807, 2.05) is 29.2 Å². The van der Waals surface area contributed by atoms with Gasteiger partial charge >= 0.3 is 6.03 Å². The normalized spacial score (nSPS) is 19.7. The van der Waals surface area contributed by atoms with Crippen molar-refractivity contribution in [1.29, 1.82) is 0 Å². The zero-order valence-corrected chi connectivity index (χ0v) is 16.5. The lowest BCUT2D eigenvalue weighted by Crippen LogP contribution is -2.45. The van der Waals surface area contributed by atoms with Gasteiger partial charge in [0.1, 0.15) is 5.75 Å². The molecular formula is C20H28N4O3. The van der Waals surface area contributed by atoms with Crippen LogP contribution in [0, 0.1) is 0 Å². The van der Waals surface area contributed by atoms with E-state index in [1.54, 1.807) is 19.1 Å². The lowest BCUT2D eigenvalue weighted by atomic mass is 9.95. The van der Waals surface area contributed by atoms with Crippen molar-refractivity contribution < 1.29 is 14.3 Å². The number of carbonyl (C=O) groups excluding carboxylic acids is 2. The van der Waals surface area contributed by atoms with E-state index in [0.29, 0.717) is 24.4 Å². The third-order valence-electron chi connectivity index (χ3n) is 5.44. The quantitative estimate of drug-likeness (QED) is 0.793. The highest BCUT2D eigenvalue weighted by Crippen LogP contribution is 2.36. The Morgan fingerprint density at radius 3 is 2.67 bits per heavy atom. The molecule has 2 aliphatic heterocycles.